The molecular weight excluding hydrogens is 186 g/mol. The molecule has 0 radical (unpaired) electrons. The minimum absolute atomic E-state index is 0.422. The number of nitrogens with two attached hydrogens (primary N) is 1. The summed E-state index contributed by atoms with van der Waals surface area (Å²) in [6, 6.07) is 0. The zero-order chi connectivity index (χ0) is 11.3. The monoisotopic (exact) mass is 209 g/mol. The smallest absolute Gasteiger partial charge is 0.191 e. The number of nitrogens with zero attached hydrogens (tertiary/aromatic N) is 2. The van der Waals surface area contributed by atoms with Gasteiger partial charge in [0.15, 0.2) is 5.96 Å². The van der Waals surface area contributed by atoms with Gasteiger partial charge in [-0.15, -0.1) is 0 Å². The highest BCUT2D eigenvalue weighted by molar-refractivity contribution is 5.78. The molecular formula is C12H23N3. The maximum Gasteiger partial charge on any atom is 0.191 e. The third kappa shape index (κ3) is 1.52. The van der Waals surface area contributed by atoms with E-state index in [9.17, 15) is 0 Å². The van der Waals surface area contributed by atoms with E-state index in [0.29, 0.717) is 16.7 Å². The van der Waals surface area contributed by atoms with Crippen LogP contribution in [0.4, 0.5) is 0 Å². The molecule has 2 N–H and O–H groups in total. The Hall–Kier alpha value is -0.730. The fraction of sp³-hybridized carbons (Fsp3) is 0.917. The molecule has 1 aliphatic carbocycles. The highest BCUT2D eigenvalue weighted by atomic mass is 15.3. The lowest BCUT2D eigenvalue weighted by molar-refractivity contribution is 0.295. The maximum absolute atomic E-state index is 5.91. The maximum atomic E-state index is 5.91. The summed E-state index contributed by atoms with van der Waals surface area (Å²) in [4.78, 5) is 6.67. The SMILES string of the molecule is CC1(C)C(CN=C(N)N2CCC2)C1(C)C. The van der Waals surface area contributed by atoms with Gasteiger partial charge in [-0.05, 0) is 23.2 Å². The zero-order valence-corrected chi connectivity index (χ0v) is 10.4. The minimum Gasteiger partial charge on any atom is -0.370 e. The van der Waals surface area contributed by atoms with E-state index in [2.05, 4.69) is 37.6 Å². The van der Waals surface area contributed by atoms with Gasteiger partial charge >= 0.3 is 0 Å². The Morgan fingerprint density at radius 2 is 1.80 bits per heavy atom. The molecule has 0 bridgehead atoms. The van der Waals surface area contributed by atoms with Gasteiger partial charge < -0.3 is 10.6 Å². The second kappa shape index (κ2) is 3.13. The average Bonchev–Trinajstić information content (AvgIpc) is 2.36. The minimum atomic E-state index is 0.422. The standard InChI is InChI=1S/C12H23N3/c1-11(2)9(12(11,3)4)8-14-10(13)15-6-5-7-15/h9H,5-8H2,1-4H3,(H2,13,14). The molecule has 0 amide bonds. The predicted molar refractivity (Wildman–Crippen MR) is 63.7 cm³/mol. The van der Waals surface area contributed by atoms with Gasteiger partial charge in [0.25, 0.3) is 0 Å². The van der Waals surface area contributed by atoms with Gasteiger partial charge in [-0.1, -0.05) is 27.7 Å². The van der Waals surface area contributed by atoms with E-state index < -0.39 is 0 Å². The van der Waals surface area contributed by atoms with E-state index in [1.54, 1.807) is 0 Å². The predicted octanol–water partition coefficient (Wildman–Crippen LogP) is 1.69. The summed E-state index contributed by atoms with van der Waals surface area (Å²) in [6.45, 7) is 12.4. The molecule has 1 saturated carbocycles. The van der Waals surface area contributed by atoms with Crippen molar-refractivity contribution in [3.8, 4) is 0 Å². The molecule has 0 aromatic rings. The van der Waals surface area contributed by atoms with Crippen molar-refractivity contribution in [3.63, 3.8) is 0 Å². The van der Waals surface area contributed by atoms with Crippen LogP contribution in [0, 0.1) is 16.7 Å². The van der Waals surface area contributed by atoms with Crippen LogP contribution in [0.3, 0.4) is 0 Å². The zero-order valence-electron chi connectivity index (χ0n) is 10.4. The first-order valence-electron chi connectivity index (χ1n) is 5.92. The molecule has 0 unspecified atom stereocenters. The van der Waals surface area contributed by atoms with E-state index in [4.69, 9.17) is 5.73 Å². The molecule has 0 atom stereocenters. The van der Waals surface area contributed by atoms with Crippen LogP contribution in [0.2, 0.25) is 0 Å². The van der Waals surface area contributed by atoms with Gasteiger partial charge in [0.05, 0.1) is 0 Å². The molecule has 1 heterocycles. The molecule has 3 nitrogen and oxygen atoms in total. The molecule has 2 rings (SSSR count). The first-order chi connectivity index (χ1) is 6.87. The number of hydrogen-bond acceptors (Lipinski definition) is 1. The van der Waals surface area contributed by atoms with Crippen molar-refractivity contribution in [3.05, 3.63) is 0 Å². The third-order valence-corrected chi connectivity index (χ3v) is 4.94. The first-order valence-corrected chi connectivity index (χ1v) is 5.92. The summed E-state index contributed by atoms with van der Waals surface area (Å²) in [5.41, 5.74) is 6.75. The van der Waals surface area contributed by atoms with E-state index in [0.717, 1.165) is 25.6 Å². The summed E-state index contributed by atoms with van der Waals surface area (Å²) in [5, 5.41) is 0. The Bertz CT molecular complexity index is 273. The lowest BCUT2D eigenvalue weighted by Gasteiger charge is -2.31. The quantitative estimate of drug-likeness (QED) is 0.555. The Kier molecular flexibility index (Phi) is 2.25. The molecule has 15 heavy (non-hydrogen) atoms. The van der Waals surface area contributed by atoms with Crippen LogP contribution in [0.1, 0.15) is 34.1 Å². The molecule has 3 heteroatoms. The first kappa shape index (κ1) is 10.8. The summed E-state index contributed by atoms with van der Waals surface area (Å²) in [7, 11) is 0. The second-order valence-corrected chi connectivity index (χ2v) is 6.04. The molecule has 1 saturated heterocycles. The summed E-state index contributed by atoms with van der Waals surface area (Å²) in [6.07, 6.45) is 1.26. The molecule has 2 fully saturated rings. The number of rotatable bonds is 2. The van der Waals surface area contributed by atoms with Gasteiger partial charge in [-0.3, -0.25) is 4.99 Å². The fourth-order valence-corrected chi connectivity index (χ4v) is 2.62. The Morgan fingerprint density at radius 1 is 1.27 bits per heavy atom. The number of guanidine groups is 1. The number of aliphatic imine (C=N–C) groups is 1. The van der Waals surface area contributed by atoms with E-state index in [1.165, 1.54) is 6.42 Å². The summed E-state index contributed by atoms with van der Waals surface area (Å²) in [5.74, 6) is 1.43. The van der Waals surface area contributed by atoms with E-state index >= 15 is 0 Å². The van der Waals surface area contributed by atoms with Crippen molar-refractivity contribution >= 4 is 5.96 Å². The Labute approximate surface area is 92.7 Å². The molecule has 0 aromatic heterocycles. The van der Waals surface area contributed by atoms with Crippen molar-refractivity contribution in [2.75, 3.05) is 19.6 Å². The molecule has 2 aliphatic rings. The van der Waals surface area contributed by atoms with Gasteiger partial charge in [0, 0.05) is 19.6 Å². The van der Waals surface area contributed by atoms with Crippen LogP contribution in [0.5, 0.6) is 0 Å². The van der Waals surface area contributed by atoms with Crippen molar-refractivity contribution in [1.82, 2.24) is 4.90 Å². The molecule has 0 spiro atoms. The lowest BCUT2D eigenvalue weighted by Crippen LogP contribution is -2.46. The van der Waals surface area contributed by atoms with Gasteiger partial charge in [-0.2, -0.15) is 0 Å². The highest BCUT2D eigenvalue weighted by Gasteiger charge is 2.64. The third-order valence-electron chi connectivity index (χ3n) is 4.94. The average molecular weight is 209 g/mol. The lowest BCUT2D eigenvalue weighted by atomic mass is 10.0. The Morgan fingerprint density at radius 3 is 2.13 bits per heavy atom. The van der Waals surface area contributed by atoms with Crippen molar-refractivity contribution < 1.29 is 0 Å². The second-order valence-electron chi connectivity index (χ2n) is 6.04. The molecule has 86 valence electrons. The number of hydrogen-bond donors (Lipinski definition) is 1. The largest absolute Gasteiger partial charge is 0.370 e. The number of likely N-dealkylation sites (tertiary alicyclic amines) is 1. The van der Waals surface area contributed by atoms with Crippen LogP contribution in [0.15, 0.2) is 4.99 Å². The molecule has 0 aromatic carbocycles. The topological polar surface area (TPSA) is 41.6 Å². The van der Waals surface area contributed by atoms with Crippen molar-refractivity contribution in [2.45, 2.75) is 34.1 Å². The van der Waals surface area contributed by atoms with Gasteiger partial charge in [0.2, 0.25) is 0 Å². The molecule has 1 aliphatic heterocycles. The normalized spacial score (nSPS) is 28.8. The summed E-state index contributed by atoms with van der Waals surface area (Å²) >= 11 is 0. The Balaban J connectivity index is 1.89. The van der Waals surface area contributed by atoms with Crippen LogP contribution in [0.25, 0.3) is 0 Å². The van der Waals surface area contributed by atoms with Crippen molar-refractivity contribution in [1.29, 1.82) is 0 Å². The van der Waals surface area contributed by atoms with Gasteiger partial charge in [0.1, 0.15) is 0 Å². The van der Waals surface area contributed by atoms with Crippen LogP contribution in [-0.4, -0.2) is 30.5 Å². The van der Waals surface area contributed by atoms with E-state index in [-0.39, 0.29) is 0 Å². The van der Waals surface area contributed by atoms with Crippen LogP contribution in [-0.2, 0) is 0 Å². The highest BCUT2D eigenvalue weighted by Crippen LogP contribution is 2.68. The van der Waals surface area contributed by atoms with E-state index in [1.807, 2.05) is 0 Å². The van der Waals surface area contributed by atoms with Gasteiger partial charge in [-0.25, -0.2) is 0 Å². The van der Waals surface area contributed by atoms with Crippen LogP contribution < -0.4 is 5.73 Å². The fourth-order valence-electron chi connectivity index (χ4n) is 2.62. The van der Waals surface area contributed by atoms with Crippen molar-refractivity contribution in [2.24, 2.45) is 27.5 Å². The van der Waals surface area contributed by atoms with Crippen LogP contribution >= 0.6 is 0 Å². The summed E-state index contributed by atoms with van der Waals surface area (Å²) < 4.78 is 0.